The molecule has 0 aliphatic carbocycles. The number of benzene rings is 5. The van der Waals surface area contributed by atoms with Crippen LogP contribution in [0.2, 0.25) is 19.6 Å². The van der Waals surface area contributed by atoms with Crippen LogP contribution in [-0.2, 0) is 26.5 Å². The van der Waals surface area contributed by atoms with Gasteiger partial charge in [-0.1, -0.05) is 133 Å². The van der Waals surface area contributed by atoms with E-state index in [9.17, 15) is 0 Å². The molecule has 4 heterocycles. The number of pyridine rings is 2. The van der Waals surface area contributed by atoms with Crippen LogP contribution in [0.3, 0.4) is 0 Å². The van der Waals surface area contributed by atoms with E-state index in [1.54, 1.807) is 0 Å². The van der Waals surface area contributed by atoms with Gasteiger partial charge in [-0.05, 0) is 112 Å². The van der Waals surface area contributed by atoms with Crippen molar-refractivity contribution in [3.63, 3.8) is 0 Å². The smallest absolute Gasteiger partial charge is 0.141 e. The van der Waals surface area contributed by atoms with E-state index in [1.807, 2.05) is 36.4 Å². The number of hydrogen-bond acceptors (Lipinski definition) is 4. The average Bonchev–Trinajstić information content (AvgIpc) is 3.82. The monoisotopic (exact) mass is 1010 g/mol. The fourth-order valence-electron chi connectivity index (χ4n) is 8.49. The van der Waals surface area contributed by atoms with Gasteiger partial charge in [0.05, 0.1) is 24.9 Å². The van der Waals surface area contributed by atoms with Crippen LogP contribution >= 0.6 is 0 Å². The summed E-state index contributed by atoms with van der Waals surface area (Å²) in [6, 6.07) is 45.6. The Hall–Kier alpha value is -5.46. The van der Waals surface area contributed by atoms with Gasteiger partial charge in [0.1, 0.15) is 11.3 Å². The zero-order valence-electron chi connectivity index (χ0n) is 37.6. The summed E-state index contributed by atoms with van der Waals surface area (Å²) < 4.78 is 8.42. The van der Waals surface area contributed by atoms with E-state index < -0.39 is 8.07 Å². The Morgan fingerprint density at radius 1 is 0.726 bits per heavy atom. The van der Waals surface area contributed by atoms with Crippen LogP contribution < -0.4 is 5.19 Å². The van der Waals surface area contributed by atoms with Gasteiger partial charge in [0.15, 0.2) is 0 Å². The molecule has 0 aliphatic rings. The first-order valence-corrected chi connectivity index (χ1v) is 25.2. The van der Waals surface area contributed by atoms with Gasteiger partial charge in [0.25, 0.3) is 0 Å². The Kier molecular flexibility index (Phi) is 13.3. The van der Waals surface area contributed by atoms with Crippen molar-refractivity contribution in [1.82, 2.24) is 19.5 Å². The van der Waals surface area contributed by atoms with Crippen molar-refractivity contribution in [1.29, 1.82) is 0 Å². The van der Waals surface area contributed by atoms with E-state index in [2.05, 4.69) is 186 Å². The van der Waals surface area contributed by atoms with E-state index in [0.717, 1.165) is 62.0 Å². The molecule has 0 saturated heterocycles. The first-order chi connectivity index (χ1) is 29.3. The zero-order valence-corrected chi connectivity index (χ0v) is 41.0. The summed E-state index contributed by atoms with van der Waals surface area (Å²) in [5.41, 5.74) is 15.3. The minimum atomic E-state index is -1.34. The largest absolute Gasteiger partial charge is 0.483 e. The minimum Gasteiger partial charge on any atom is -0.483 e. The van der Waals surface area contributed by atoms with Gasteiger partial charge < -0.3 is 19.0 Å². The SMILES string of the molecule is CC(C)Cc1cc(-c2[c-]cccc2)ncc1[Si](C)(C)C.Cc1cccc2oc3n[c-]c(-c4nc5ccccc5n4-c4c(C(C)C)cc(-c5ccccc5)cc4C(C)C)cc3c12.[Ir]. The third-order valence-electron chi connectivity index (χ3n) is 11.5. The number of aryl methyl sites for hydroxylation is 1. The number of furan rings is 1. The fraction of sp³-hybridized carbons (Fsp3) is 0.255. The summed E-state index contributed by atoms with van der Waals surface area (Å²) in [7, 11) is -1.34. The predicted octanol–water partition coefficient (Wildman–Crippen LogP) is 14.3. The maximum absolute atomic E-state index is 6.08. The molecule has 0 N–H and O–H groups in total. The topological polar surface area (TPSA) is 56.7 Å². The van der Waals surface area contributed by atoms with E-state index in [4.69, 9.17) is 9.40 Å². The van der Waals surface area contributed by atoms with E-state index in [-0.39, 0.29) is 20.1 Å². The third-order valence-corrected chi connectivity index (χ3v) is 13.5. The van der Waals surface area contributed by atoms with Crippen LogP contribution in [0.4, 0.5) is 0 Å². The molecule has 62 heavy (non-hydrogen) atoms. The Morgan fingerprint density at radius 3 is 2.08 bits per heavy atom. The standard InChI is InChI=1S/C37H32N3O.C18H24NSi.Ir/c1-22(2)28-18-26(25-13-7-6-8-14-25)19-29(23(3)4)35(28)40-32-16-10-9-15-31(32)39-36(40)27-20-30-34-24(5)12-11-17-33(34)41-37(30)38-21-27;1-14(2)11-16-12-17(15-9-7-6-8-10-15)19-13-18(16)20(3,4)5;/h6-20,22-23H,1-5H3;6-9,12-14H,11H2,1-5H3;/q2*-1;. The van der Waals surface area contributed by atoms with Crippen LogP contribution in [0.15, 0.2) is 132 Å². The maximum Gasteiger partial charge on any atom is 0.141 e. The molecule has 0 atom stereocenters. The molecule has 0 amide bonds. The Labute approximate surface area is 382 Å². The van der Waals surface area contributed by atoms with Gasteiger partial charge in [0.2, 0.25) is 0 Å². The average molecular weight is 1010 g/mol. The number of rotatable bonds is 9. The summed E-state index contributed by atoms with van der Waals surface area (Å²) in [6.07, 6.45) is 6.52. The molecular weight excluding hydrogens is 953 g/mol. The second-order valence-electron chi connectivity index (χ2n) is 18.3. The number of para-hydroxylation sites is 2. The Bertz CT molecular complexity index is 2950. The second-order valence-corrected chi connectivity index (χ2v) is 23.4. The number of imidazole rings is 1. The summed E-state index contributed by atoms with van der Waals surface area (Å²) in [5.74, 6) is 2.09. The van der Waals surface area contributed by atoms with Crippen LogP contribution in [0, 0.1) is 25.1 Å². The van der Waals surface area contributed by atoms with Gasteiger partial charge in [-0.3, -0.25) is 4.98 Å². The molecule has 5 nitrogen and oxygen atoms in total. The molecule has 9 rings (SSSR count). The first kappa shape index (κ1) is 44.6. The third kappa shape index (κ3) is 9.03. The zero-order chi connectivity index (χ0) is 43.0. The second kappa shape index (κ2) is 18.5. The predicted molar refractivity (Wildman–Crippen MR) is 259 cm³/mol. The van der Waals surface area contributed by atoms with Gasteiger partial charge >= 0.3 is 0 Å². The molecule has 0 unspecified atom stereocenters. The van der Waals surface area contributed by atoms with Crippen molar-refractivity contribution in [2.75, 3.05) is 0 Å². The van der Waals surface area contributed by atoms with Crippen molar-refractivity contribution in [3.05, 3.63) is 162 Å². The first-order valence-electron chi connectivity index (χ1n) is 21.7. The number of aromatic nitrogens is 4. The normalized spacial score (nSPS) is 11.8. The summed E-state index contributed by atoms with van der Waals surface area (Å²) in [5, 5.41) is 3.56. The van der Waals surface area contributed by atoms with Crippen LogP contribution in [0.5, 0.6) is 0 Å². The molecule has 0 spiro atoms. The van der Waals surface area contributed by atoms with Crippen molar-refractivity contribution in [2.45, 2.75) is 86.4 Å². The van der Waals surface area contributed by atoms with E-state index in [0.29, 0.717) is 23.5 Å². The maximum atomic E-state index is 6.08. The summed E-state index contributed by atoms with van der Waals surface area (Å²) in [4.78, 5) is 14.5. The van der Waals surface area contributed by atoms with Crippen LogP contribution in [-0.4, -0.2) is 27.6 Å². The molecule has 0 fully saturated rings. The molecule has 9 aromatic rings. The van der Waals surface area contributed by atoms with Crippen molar-refractivity contribution < 1.29 is 24.5 Å². The van der Waals surface area contributed by atoms with Crippen molar-refractivity contribution >= 4 is 46.4 Å². The van der Waals surface area contributed by atoms with Gasteiger partial charge in [0, 0.05) is 37.4 Å². The molecule has 317 valence electrons. The van der Waals surface area contributed by atoms with Gasteiger partial charge in [-0.25, -0.2) is 0 Å². The van der Waals surface area contributed by atoms with Gasteiger partial charge in [-0.15, -0.1) is 42.0 Å². The van der Waals surface area contributed by atoms with Gasteiger partial charge in [-0.2, -0.15) is 0 Å². The number of fused-ring (bicyclic) bond motifs is 4. The molecule has 5 aromatic carbocycles. The molecule has 1 radical (unpaired) electrons. The quantitative estimate of drug-likeness (QED) is 0.107. The molecule has 0 aliphatic heterocycles. The van der Waals surface area contributed by atoms with E-state index in [1.165, 1.54) is 38.7 Å². The van der Waals surface area contributed by atoms with Crippen LogP contribution in [0.25, 0.3) is 72.6 Å². The number of hydrogen-bond donors (Lipinski definition) is 0. The minimum absolute atomic E-state index is 0. The molecular formula is C55H56IrN4OSi-2. The molecule has 4 aromatic heterocycles. The summed E-state index contributed by atoms with van der Waals surface area (Å²) >= 11 is 0. The fourth-order valence-corrected chi connectivity index (χ4v) is 10.1. The Balaban J connectivity index is 0.000000233. The van der Waals surface area contributed by atoms with Crippen molar-refractivity contribution in [3.8, 4) is 39.5 Å². The summed E-state index contributed by atoms with van der Waals surface area (Å²) in [6.45, 7) is 22.9. The molecule has 0 bridgehead atoms. The Morgan fingerprint density at radius 2 is 1.42 bits per heavy atom. The number of nitrogens with zero attached hydrogens (tertiary/aromatic N) is 4. The van der Waals surface area contributed by atoms with Crippen LogP contribution in [0.1, 0.15) is 75.6 Å². The molecule has 7 heteroatoms. The molecule has 0 saturated carbocycles. The van der Waals surface area contributed by atoms with E-state index >= 15 is 0 Å². The van der Waals surface area contributed by atoms with Crippen molar-refractivity contribution in [2.24, 2.45) is 5.92 Å².